The molecular formula is C12H15F3N4O. The molecule has 0 aliphatic carbocycles. The number of carbonyl (C=O) groups excluding carboxylic acids is 1. The molecule has 8 heteroatoms. The zero-order chi connectivity index (χ0) is 14.6. The second-order valence-corrected chi connectivity index (χ2v) is 4.38. The van der Waals surface area contributed by atoms with Crippen molar-refractivity contribution >= 4 is 11.7 Å². The maximum absolute atomic E-state index is 12.7. The van der Waals surface area contributed by atoms with Crippen molar-refractivity contribution in [1.82, 2.24) is 15.2 Å². The molecular weight excluding hydrogens is 273 g/mol. The standard InChI is InChI=1S/C12H15F3N4O/c13-12(14,15)9-2-1-3-17-11(9)18-8-10(20)19-6-4-16-5-7-19/h1-3,16H,4-8H2,(H,17,18). The van der Waals surface area contributed by atoms with Crippen LogP contribution in [0, 0.1) is 0 Å². The highest BCUT2D eigenvalue weighted by Crippen LogP contribution is 2.33. The lowest BCUT2D eigenvalue weighted by atomic mass is 10.2. The monoisotopic (exact) mass is 288 g/mol. The van der Waals surface area contributed by atoms with E-state index in [1.54, 1.807) is 4.90 Å². The highest BCUT2D eigenvalue weighted by Gasteiger charge is 2.34. The van der Waals surface area contributed by atoms with E-state index in [9.17, 15) is 18.0 Å². The van der Waals surface area contributed by atoms with Gasteiger partial charge >= 0.3 is 6.18 Å². The zero-order valence-corrected chi connectivity index (χ0v) is 10.7. The summed E-state index contributed by atoms with van der Waals surface area (Å²) in [6, 6.07) is 2.15. The third-order valence-corrected chi connectivity index (χ3v) is 2.99. The summed E-state index contributed by atoms with van der Waals surface area (Å²) in [6.07, 6.45) is -3.23. The molecule has 2 N–H and O–H groups in total. The number of piperazine rings is 1. The van der Waals surface area contributed by atoms with Crippen LogP contribution < -0.4 is 10.6 Å². The molecule has 2 heterocycles. The van der Waals surface area contributed by atoms with Crippen molar-refractivity contribution in [1.29, 1.82) is 0 Å². The average molecular weight is 288 g/mol. The Hall–Kier alpha value is -1.83. The second-order valence-electron chi connectivity index (χ2n) is 4.38. The molecule has 20 heavy (non-hydrogen) atoms. The Labute approximate surface area is 114 Å². The Morgan fingerprint density at radius 2 is 2.10 bits per heavy atom. The maximum Gasteiger partial charge on any atom is 0.419 e. The molecule has 1 fully saturated rings. The number of amides is 1. The molecule has 0 unspecified atom stereocenters. The number of rotatable bonds is 3. The lowest BCUT2D eigenvalue weighted by Crippen LogP contribution is -2.48. The number of nitrogens with zero attached hydrogens (tertiary/aromatic N) is 2. The summed E-state index contributed by atoms with van der Waals surface area (Å²) in [6.45, 7) is 2.33. The van der Waals surface area contributed by atoms with E-state index in [1.165, 1.54) is 12.3 Å². The SMILES string of the molecule is O=C(CNc1ncccc1C(F)(F)F)N1CCNCC1. The molecule has 0 atom stereocenters. The van der Waals surface area contributed by atoms with Crippen LogP contribution >= 0.6 is 0 Å². The van der Waals surface area contributed by atoms with Gasteiger partial charge in [-0.15, -0.1) is 0 Å². The first-order chi connectivity index (χ1) is 9.48. The van der Waals surface area contributed by atoms with Gasteiger partial charge in [-0.1, -0.05) is 0 Å². The Balaban J connectivity index is 1.98. The first kappa shape index (κ1) is 14.6. The summed E-state index contributed by atoms with van der Waals surface area (Å²) in [5.74, 6) is -0.547. The van der Waals surface area contributed by atoms with Gasteiger partial charge in [-0.25, -0.2) is 4.98 Å². The molecule has 0 saturated carbocycles. The number of nitrogens with one attached hydrogen (secondary N) is 2. The minimum Gasteiger partial charge on any atom is -0.360 e. The first-order valence-electron chi connectivity index (χ1n) is 6.23. The Morgan fingerprint density at radius 1 is 1.40 bits per heavy atom. The lowest BCUT2D eigenvalue weighted by molar-refractivity contribution is -0.137. The molecule has 0 radical (unpaired) electrons. The van der Waals surface area contributed by atoms with Crippen LogP contribution in [0.3, 0.4) is 0 Å². The molecule has 0 bridgehead atoms. The van der Waals surface area contributed by atoms with Crippen LogP contribution in [0.4, 0.5) is 19.0 Å². The largest absolute Gasteiger partial charge is 0.419 e. The summed E-state index contributed by atoms with van der Waals surface area (Å²) < 4.78 is 38.2. The van der Waals surface area contributed by atoms with Gasteiger partial charge in [0.15, 0.2) is 0 Å². The molecule has 1 aromatic rings. The van der Waals surface area contributed by atoms with Crippen LogP contribution in [-0.2, 0) is 11.0 Å². The van der Waals surface area contributed by atoms with Crippen LogP contribution in [0.5, 0.6) is 0 Å². The number of halogens is 3. The van der Waals surface area contributed by atoms with Crippen molar-refractivity contribution in [2.45, 2.75) is 6.18 Å². The Morgan fingerprint density at radius 3 is 2.75 bits per heavy atom. The van der Waals surface area contributed by atoms with Crippen LogP contribution in [-0.4, -0.2) is 48.5 Å². The van der Waals surface area contributed by atoms with Gasteiger partial charge in [0, 0.05) is 32.4 Å². The zero-order valence-electron chi connectivity index (χ0n) is 10.7. The Kier molecular flexibility index (Phi) is 4.43. The average Bonchev–Trinajstić information content (AvgIpc) is 2.45. The molecule has 0 spiro atoms. The highest BCUT2D eigenvalue weighted by atomic mass is 19.4. The van der Waals surface area contributed by atoms with E-state index in [-0.39, 0.29) is 18.3 Å². The number of pyridine rings is 1. The third-order valence-electron chi connectivity index (χ3n) is 2.99. The van der Waals surface area contributed by atoms with Crippen molar-refractivity contribution < 1.29 is 18.0 Å². The van der Waals surface area contributed by atoms with Gasteiger partial charge in [-0.3, -0.25) is 4.79 Å². The number of anilines is 1. The van der Waals surface area contributed by atoms with E-state index in [1.807, 2.05) is 0 Å². The van der Waals surface area contributed by atoms with E-state index in [0.29, 0.717) is 26.2 Å². The quantitative estimate of drug-likeness (QED) is 0.869. The van der Waals surface area contributed by atoms with E-state index in [2.05, 4.69) is 15.6 Å². The molecule has 1 amide bonds. The van der Waals surface area contributed by atoms with Crippen molar-refractivity contribution in [3.63, 3.8) is 0 Å². The number of carbonyl (C=O) groups is 1. The molecule has 2 rings (SSSR count). The fourth-order valence-electron chi connectivity index (χ4n) is 1.96. The van der Waals surface area contributed by atoms with Gasteiger partial charge in [0.1, 0.15) is 5.82 Å². The molecule has 1 aromatic heterocycles. The minimum atomic E-state index is -4.49. The number of alkyl halides is 3. The van der Waals surface area contributed by atoms with Crippen LogP contribution in [0.25, 0.3) is 0 Å². The lowest BCUT2D eigenvalue weighted by Gasteiger charge is -2.27. The number of aromatic nitrogens is 1. The molecule has 5 nitrogen and oxygen atoms in total. The summed E-state index contributed by atoms with van der Waals surface area (Å²) >= 11 is 0. The van der Waals surface area contributed by atoms with E-state index >= 15 is 0 Å². The van der Waals surface area contributed by atoms with Crippen molar-refractivity contribution in [2.75, 3.05) is 38.0 Å². The van der Waals surface area contributed by atoms with Gasteiger partial charge in [0.25, 0.3) is 0 Å². The van der Waals surface area contributed by atoms with Gasteiger partial charge < -0.3 is 15.5 Å². The second kappa shape index (κ2) is 6.08. The summed E-state index contributed by atoms with van der Waals surface area (Å²) in [4.78, 5) is 17.1. The third kappa shape index (κ3) is 3.60. The Bertz CT molecular complexity index is 472. The normalized spacial score (nSPS) is 16.1. The van der Waals surface area contributed by atoms with Crippen LogP contribution in [0.15, 0.2) is 18.3 Å². The van der Waals surface area contributed by atoms with Crippen molar-refractivity contribution in [3.05, 3.63) is 23.9 Å². The fraction of sp³-hybridized carbons (Fsp3) is 0.500. The van der Waals surface area contributed by atoms with Gasteiger partial charge in [-0.2, -0.15) is 13.2 Å². The number of hydrogen-bond donors (Lipinski definition) is 2. The number of hydrogen-bond acceptors (Lipinski definition) is 4. The van der Waals surface area contributed by atoms with Crippen molar-refractivity contribution in [2.24, 2.45) is 0 Å². The molecule has 1 saturated heterocycles. The highest BCUT2D eigenvalue weighted by molar-refractivity contribution is 5.81. The maximum atomic E-state index is 12.7. The minimum absolute atomic E-state index is 0.194. The van der Waals surface area contributed by atoms with Crippen LogP contribution in [0.2, 0.25) is 0 Å². The summed E-state index contributed by atoms with van der Waals surface area (Å²) in [5, 5.41) is 5.57. The van der Waals surface area contributed by atoms with E-state index in [0.717, 1.165) is 6.07 Å². The topological polar surface area (TPSA) is 57.3 Å². The fourth-order valence-corrected chi connectivity index (χ4v) is 1.96. The molecule has 1 aliphatic heterocycles. The molecule has 0 aromatic carbocycles. The molecule has 110 valence electrons. The molecule has 1 aliphatic rings. The first-order valence-corrected chi connectivity index (χ1v) is 6.23. The van der Waals surface area contributed by atoms with Crippen molar-refractivity contribution in [3.8, 4) is 0 Å². The van der Waals surface area contributed by atoms with Gasteiger partial charge in [0.05, 0.1) is 12.1 Å². The predicted octanol–water partition coefficient (Wildman–Crippen LogP) is 0.944. The van der Waals surface area contributed by atoms with E-state index < -0.39 is 11.7 Å². The van der Waals surface area contributed by atoms with Crippen LogP contribution in [0.1, 0.15) is 5.56 Å². The van der Waals surface area contributed by atoms with E-state index in [4.69, 9.17) is 0 Å². The van der Waals surface area contributed by atoms with Gasteiger partial charge in [-0.05, 0) is 12.1 Å². The van der Waals surface area contributed by atoms with Gasteiger partial charge in [0.2, 0.25) is 5.91 Å². The summed E-state index contributed by atoms with van der Waals surface area (Å²) in [7, 11) is 0. The smallest absolute Gasteiger partial charge is 0.360 e. The predicted molar refractivity (Wildman–Crippen MR) is 67.2 cm³/mol. The summed E-state index contributed by atoms with van der Waals surface area (Å²) in [5.41, 5.74) is -0.867.